The van der Waals surface area contributed by atoms with Crippen LogP contribution in [-0.2, 0) is 9.53 Å². The Morgan fingerprint density at radius 3 is 2.92 bits per heavy atom. The van der Waals surface area contributed by atoms with Gasteiger partial charge >= 0.3 is 0 Å². The van der Waals surface area contributed by atoms with Crippen LogP contribution in [0.25, 0.3) is 0 Å². The lowest BCUT2D eigenvalue weighted by molar-refractivity contribution is -0.129. The van der Waals surface area contributed by atoms with E-state index in [1.165, 1.54) is 0 Å². The number of amides is 1. The topological polar surface area (TPSA) is 38.3 Å². The molecule has 0 bridgehead atoms. The molecule has 1 atom stereocenters. The van der Waals surface area contributed by atoms with Crippen LogP contribution in [0.2, 0.25) is 0 Å². The van der Waals surface area contributed by atoms with Crippen molar-refractivity contribution >= 4 is 5.91 Å². The molecule has 0 aliphatic carbocycles. The van der Waals surface area contributed by atoms with E-state index in [-0.39, 0.29) is 11.8 Å². The number of halogens is 2. The van der Waals surface area contributed by atoms with E-state index in [9.17, 15) is 13.6 Å². The Kier molecular flexibility index (Phi) is 4.08. The Labute approximate surface area is 75.4 Å². The first-order chi connectivity index (χ1) is 6.20. The van der Waals surface area contributed by atoms with Gasteiger partial charge in [0.1, 0.15) is 0 Å². The summed E-state index contributed by atoms with van der Waals surface area (Å²) in [5.41, 5.74) is 0. The fourth-order valence-corrected chi connectivity index (χ4v) is 1.27. The van der Waals surface area contributed by atoms with Gasteiger partial charge in [0.05, 0.1) is 19.1 Å². The molecular weight excluding hydrogens is 180 g/mol. The van der Waals surface area contributed by atoms with Crippen LogP contribution in [0.4, 0.5) is 8.78 Å². The van der Waals surface area contributed by atoms with E-state index >= 15 is 0 Å². The minimum Gasteiger partial charge on any atom is -0.381 e. The molecule has 3 nitrogen and oxygen atoms in total. The summed E-state index contributed by atoms with van der Waals surface area (Å²) in [7, 11) is 0. The molecule has 1 unspecified atom stereocenters. The molecule has 0 aromatic heterocycles. The molecule has 1 aliphatic heterocycles. The Morgan fingerprint density at radius 2 is 2.38 bits per heavy atom. The van der Waals surface area contributed by atoms with E-state index in [2.05, 4.69) is 5.32 Å². The van der Waals surface area contributed by atoms with Crippen molar-refractivity contribution in [2.75, 3.05) is 19.8 Å². The maximum absolute atomic E-state index is 11.7. The van der Waals surface area contributed by atoms with Crippen molar-refractivity contribution in [3.05, 3.63) is 0 Å². The number of alkyl halides is 2. The summed E-state index contributed by atoms with van der Waals surface area (Å²) >= 11 is 0. The molecule has 76 valence electrons. The maximum atomic E-state index is 11.7. The van der Waals surface area contributed by atoms with Crippen molar-refractivity contribution < 1.29 is 18.3 Å². The third-order valence-electron chi connectivity index (χ3n) is 1.96. The molecule has 13 heavy (non-hydrogen) atoms. The summed E-state index contributed by atoms with van der Waals surface area (Å²) in [4.78, 5) is 11.2. The van der Waals surface area contributed by atoms with Crippen molar-refractivity contribution in [3.63, 3.8) is 0 Å². The molecule has 1 fully saturated rings. The highest BCUT2D eigenvalue weighted by molar-refractivity contribution is 5.78. The van der Waals surface area contributed by atoms with Crippen LogP contribution in [0.1, 0.15) is 12.8 Å². The van der Waals surface area contributed by atoms with Gasteiger partial charge in [0.15, 0.2) is 0 Å². The number of hydrogen-bond donors (Lipinski definition) is 1. The van der Waals surface area contributed by atoms with E-state index in [0.29, 0.717) is 13.2 Å². The average Bonchev–Trinajstić information content (AvgIpc) is 2.15. The van der Waals surface area contributed by atoms with Gasteiger partial charge in [-0.2, -0.15) is 0 Å². The van der Waals surface area contributed by atoms with Crippen molar-refractivity contribution in [1.82, 2.24) is 5.32 Å². The molecule has 1 N–H and O–H groups in total. The van der Waals surface area contributed by atoms with Crippen molar-refractivity contribution in [2.45, 2.75) is 19.3 Å². The summed E-state index contributed by atoms with van der Waals surface area (Å²) in [6, 6.07) is 0. The lowest BCUT2D eigenvalue weighted by Crippen LogP contribution is -2.37. The zero-order valence-electron chi connectivity index (χ0n) is 7.26. The van der Waals surface area contributed by atoms with Gasteiger partial charge in [0.2, 0.25) is 5.91 Å². The highest BCUT2D eigenvalue weighted by atomic mass is 19.3. The van der Waals surface area contributed by atoms with Crippen molar-refractivity contribution in [3.8, 4) is 0 Å². The number of carbonyl (C=O) groups excluding carboxylic acids is 1. The highest BCUT2D eigenvalue weighted by Crippen LogP contribution is 2.13. The smallest absolute Gasteiger partial charge is 0.255 e. The molecule has 1 heterocycles. The van der Waals surface area contributed by atoms with Gasteiger partial charge < -0.3 is 10.1 Å². The minimum atomic E-state index is -2.48. The molecular formula is C8H13F2NO2. The molecule has 5 heteroatoms. The predicted molar refractivity (Wildman–Crippen MR) is 42.6 cm³/mol. The largest absolute Gasteiger partial charge is 0.381 e. The van der Waals surface area contributed by atoms with Crippen molar-refractivity contribution in [1.29, 1.82) is 0 Å². The lowest BCUT2D eigenvalue weighted by Gasteiger charge is -2.20. The molecule has 0 spiro atoms. The second-order valence-electron chi connectivity index (χ2n) is 3.05. The molecule has 1 saturated heterocycles. The van der Waals surface area contributed by atoms with E-state index in [0.717, 1.165) is 12.8 Å². The zero-order chi connectivity index (χ0) is 9.68. The summed E-state index contributed by atoms with van der Waals surface area (Å²) in [6.45, 7) is 0.461. The third-order valence-corrected chi connectivity index (χ3v) is 1.96. The Balaban J connectivity index is 2.21. The van der Waals surface area contributed by atoms with Gasteiger partial charge in [0.25, 0.3) is 6.43 Å². The number of rotatable bonds is 3. The molecule has 0 aromatic rings. The van der Waals surface area contributed by atoms with E-state index in [4.69, 9.17) is 4.74 Å². The van der Waals surface area contributed by atoms with E-state index in [1.54, 1.807) is 0 Å². The molecule has 0 saturated carbocycles. The van der Waals surface area contributed by atoms with E-state index < -0.39 is 13.0 Å². The lowest BCUT2D eigenvalue weighted by atomic mass is 10.0. The van der Waals surface area contributed by atoms with Crippen LogP contribution < -0.4 is 5.32 Å². The van der Waals surface area contributed by atoms with Crippen LogP contribution in [0.3, 0.4) is 0 Å². The van der Waals surface area contributed by atoms with Crippen LogP contribution in [0.15, 0.2) is 0 Å². The average molecular weight is 193 g/mol. The van der Waals surface area contributed by atoms with Crippen LogP contribution >= 0.6 is 0 Å². The van der Waals surface area contributed by atoms with Crippen molar-refractivity contribution in [2.24, 2.45) is 5.92 Å². The Bertz CT molecular complexity index is 170. The minimum absolute atomic E-state index is 0.243. The fraction of sp³-hybridized carbons (Fsp3) is 0.875. The highest BCUT2D eigenvalue weighted by Gasteiger charge is 2.21. The van der Waals surface area contributed by atoms with Crippen LogP contribution in [0.5, 0.6) is 0 Å². The summed E-state index contributed by atoms with van der Waals surface area (Å²) in [5.74, 6) is -0.562. The summed E-state index contributed by atoms with van der Waals surface area (Å²) in [6.07, 6.45) is -0.921. The number of hydrogen-bond acceptors (Lipinski definition) is 2. The zero-order valence-corrected chi connectivity index (χ0v) is 7.26. The third kappa shape index (κ3) is 3.67. The Hall–Kier alpha value is -0.710. The monoisotopic (exact) mass is 193 g/mol. The molecule has 1 aliphatic rings. The normalized spacial score (nSPS) is 23.2. The molecule has 0 aromatic carbocycles. The number of nitrogens with one attached hydrogen (secondary N) is 1. The van der Waals surface area contributed by atoms with Gasteiger partial charge in [-0.15, -0.1) is 0 Å². The molecule has 0 radical (unpaired) electrons. The van der Waals surface area contributed by atoms with Gasteiger partial charge in [-0.25, -0.2) is 8.78 Å². The first kappa shape index (κ1) is 10.4. The SMILES string of the molecule is O=C(NCC(F)F)C1CCCOC1. The maximum Gasteiger partial charge on any atom is 0.255 e. The number of ether oxygens (including phenoxy) is 1. The predicted octanol–water partition coefficient (Wildman–Crippen LogP) is 0.794. The Morgan fingerprint density at radius 1 is 1.62 bits per heavy atom. The first-order valence-corrected chi connectivity index (χ1v) is 4.33. The molecule has 1 amide bonds. The quantitative estimate of drug-likeness (QED) is 0.719. The van der Waals surface area contributed by atoms with Crippen LogP contribution in [0, 0.1) is 5.92 Å². The summed E-state index contributed by atoms with van der Waals surface area (Å²) in [5, 5.41) is 2.18. The standard InChI is InChI=1S/C8H13F2NO2/c9-7(10)4-11-8(12)6-2-1-3-13-5-6/h6-7H,1-5H2,(H,11,12). The molecule has 1 rings (SSSR count). The van der Waals surface area contributed by atoms with Gasteiger partial charge in [0, 0.05) is 6.61 Å². The summed E-state index contributed by atoms with van der Waals surface area (Å²) < 4.78 is 28.5. The van der Waals surface area contributed by atoms with Crippen LogP contribution in [-0.4, -0.2) is 32.1 Å². The van der Waals surface area contributed by atoms with Gasteiger partial charge in [-0.1, -0.05) is 0 Å². The first-order valence-electron chi connectivity index (χ1n) is 4.33. The number of carbonyl (C=O) groups is 1. The fourth-order valence-electron chi connectivity index (χ4n) is 1.27. The second kappa shape index (κ2) is 5.11. The van der Waals surface area contributed by atoms with Gasteiger partial charge in [-0.05, 0) is 12.8 Å². The second-order valence-corrected chi connectivity index (χ2v) is 3.05. The van der Waals surface area contributed by atoms with E-state index in [1.807, 2.05) is 0 Å². The van der Waals surface area contributed by atoms with Gasteiger partial charge in [-0.3, -0.25) is 4.79 Å².